The van der Waals surface area contributed by atoms with Crippen LogP contribution in [0, 0.1) is 28.6 Å². The lowest BCUT2D eigenvalue weighted by molar-refractivity contribution is -0.203. The third-order valence-electron chi connectivity index (χ3n) is 13.1. The Labute approximate surface area is 245 Å². The van der Waals surface area contributed by atoms with Crippen LogP contribution in [0.15, 0.2) is 27.6 Å². The topological polar surface area (TPSA) is 89.3 Å². The number of fused-ring (bicyclic) bond motifs is 5. The number of amides is 2. The maximum absolute atomic E-state index is 13.1. The van der Waals surface area contributed by atoms with Crippen molar-refractivity contribution >= 4 is 6.03 Å². The van der Waals surface area contributed by atoms with E-state index >= 15 is 0 Å². The monoisotopic (exact) mass is 568 g/mol. The first-order valence-electron chi connectivity index (χ1n) is 16.3. The van der Waals surface area contributed by atoms with Crippen LogP contribution < -0.4 is 10.9 Å². The summed E-state index contributed by atoms with van der Waals surface area (Å²) in [6.45, 7) is 10.8. The van der Waals surface area contributed by atoms with Gasteiger partial charge in [0, 0.05) is 63.8 Å². The van der Waals surface area contributed by atoms with Gasteiger partial charge >= 0.3 is 11.7 Å². The molecule has 41 heavy (non-hydrogen) atoms. The molecule has 8 atom stereocenters. The van der Waals surface area contributed by atoms with Crippen LogP contribution in [-0.2, 0) is 0 Å². The van der Waals surface area contributed by atoms with Gasteiger partial charge in [0.25, 0.3) is 0 Å². The largest absolute Gasteiger partial charge is 0.431 e. The lowest BCUT2D eigenvalue weighted by Crippen LogP contribution is -2.62. The van der Waals surface area contributed by atoms with Crippen LogP contribution >= 0.6 is 0 Å². The number of likely N-dealkylation sites (N-methyl/N-ethyl adjacent to an activating group) is 1. The lowest BCUT2D eigenvalue weighted by Gasteiger charge is -2.64. The first-order chi connectivity index (χ1) is 19.5. The van der Waals surface area contributed by atoms with Gasteiger partial charge in [0.05, 0.1) is 11.9 Å². The van der Waals surface area contributed by atoms with E-state index in [1.54, 1.807) is 6.26 Å². The Bertz CT molecular complexity index is 1150. The number of urea groups is 1. The van der Waals surface area contributed by atoms with Crippen molar-refractivity contribution in [1.29, 1.82) is 0 Å². The zero-order chi connectivity index (χ0) is 29.0. The van der Waals surface area contributed by atoms with Crippen LogP contribution in [0.3, 0.4) is 0 Å². The van der Waals surface area contributed by atoms with Crippen LogP contribution in [0.1, 0.15) is 83.1 Å². The molecule has 2 heterocycles. The lowest BCUT2D eigenvalue weighted by atomic mass is 9.43. The van der Waals surface area contributed by atoms with Crippen molar-refractivity contribution in [3.05, 3.63) is 34.4 Å². The minimum absolute atomic E-state index is 0.0675. The van der Waals surface area contributed by atoms with Gasteiger partial charge in [-0.25, -0.2) is 9.59 Å². The molecule has 0 radical (unpaired) electrons. The van der Waals surface area contributed by atoms with Gasteiger partial charge in [-0.05, 0) is 106 Å². The number of hydrogen-bond acceptors (Lipinski definition) is 6. The Morgan fingerprint density at radius 3 is 2.56 bits per heavy atom. The predicted molar refractivity (Wildman–Crippen MR) is 160 cm³/mol. The molecular formula is C33H52N4O4. The number of hydrogen-bond donors (Lipinski definition) is 2. The van der Waals surface area contributed by atoms with Crippen LogP contribution in [0.25, 0.3) is 0 Å². The molecule has 8 heteroatoms. The molecule has 1 saturated heterocycles. The number of nitrogens with zero attached hydrogens (tertiary/aromatic N) is 3. The summed E-state index contributed by atoms with van der Waals surface area (Å²) in [6, 6.07) is 3.79. The smallest absolute Gasteiger partial charge is 0.335 e. The Balaban J connectivity index is 1.08. The molecule has 5 aliphatic rings. The third-order valence-corrected chi connectivity index (χ3v) is 13.1. The highest BCUT2D eigenvalue weighted by Crippen LogP contribution is 2.70. The van der Waals surface area contributed by atoms with Crippen LogP contribution in [0.4, 0.5) is 4.79 Å². The molecule has 0 spiro atoms. The van der Waals surface area contributed by atoms with Gasteiger partial charge in [-0.1, -0.05) is 13.8 Å². The fourth-order valence-corrected chi connectivity index (χ4v) is 10.3. The van der Waals surface area contributed by atoms with Gasteiger partial charge in [0.1, 0.15) is 0 Å². The summed E-state index contributed by atoms with van der Waals surface area (Å²) >= 11 is 0. The zero-order valence-electron chi connectivity index (χ0n) is 25.7. The second-order valence-electron chi connectivity index (χ2n) is 14.8. The van der Waals surface area contributed by atoms with Crippen LogP contribution in [0.2, 0.25) is 0 Å². The van der Waals surface area contributed by atoms with E-state index in [9.17, 15) is 14.7 Å². The van der Waals surface area contributed by atoms with Crippen molar-refractivity contribution in [3.8, 4) is 0 Å². The quantitative estimate of drug-likeness (QED) is 0.555. The number of carbonyl (C=O) groups is 1. The highest BCUT2D eigenvalue weighted by Gasteiger charge is 2.67. The first kappa shape index (κ1) is 29.2. The van der Waals surface area contributed by atoms with Crippen molar-refractivity contribution < 1.29 is 14.3 Å². The predicted octanol–water partition coefficient (Wildman–Crippen LogP) is 4.14. The molecular weight excluding hydrogens is 516 g/mol. The van der Waals surface area contributed by atoms with Gasteiger partial charge in [0.2, 0.25) is 0 Å². The van der Waals surface area contributed by atoms with Crippen molar-refractivity contribution in [3.63, 3.8) is 0 Å². The summed E-state index contributed by atoms with van der Waals surface area (Å²) in [6.07, 6.45) is 11.0. The van der Waals surface area contributed by atoms with E-state index in [0.717, 1.165) is 96.1 Å². The average molecular weight is 569 g/mol. The molecule has 5 fully saturated rings. The van der Waals surface area contributed by atoms with E-state index in [4.69, 9.17) is 4.42 Å². The SMILES string of the molecule is CN1CCN(CCNC(=O)N(C)[C@H]2CC[C@@]3(C)[C@H](CC[C@@H]4[C@@H]3CC[C@]3(C)[C@@H](c5ccc(=O)oc5)CC[C@]43O)C2)CC1. The molecule has 1 aromatic heterocycles. The molecule has 0 aromatic carbocycles. The Hall–Kier alpha value is -1.90. The van der Waals surface area contributed by atoms with Gasteiger partial charge in [0.15, 0.2) is 0 Å². The first-order valence-corrected chi connectivity index (χ1v) is 16.3. The molecule has 228 valence electrons. The highest BCUT2D eigenvalue weighted by atomic mass is 16.4. The third kappa shape index (κ3) is 4.96. The summed E-state index contributed by atoms with van der Waals surface area (Å²) in [7, 11) is 4.16. The van der Waals surface area contributed by atoms with Crippen molar-refractivity contribution in [2.45, 2.75) is 89.2 Å². The Kier molecular flexibility index (Phi) is 7.82. The molecule has 0 unspecified atom stereocenters. The summed E-state index contributed by atoms with van der Waals surface area (Å²) in [5.74, 6) is 1.66. The van der Waals surface area contributed by atoms with Crippen molar-refractivity contribution in [2.24, 2.45) is 28.6 Å². The van der Waals surface area contributed by atoms with Gasteiger partial charge < -0.3 is 24.6 Å². The van der Waals surface area contributed by atoms with Gasteiger partial charge in [-0.3, -0.25) is 4.90 Å². The second-order valence-corrected chi connectivity index (χ2v) is 14.8. The molecule has 0 bridgehead atoms. The highest BCUT2D eigenvalue weighted by molar-refractivity contribution is 5.74. The second kappa shape index (κ2) is 11.0. The van der Waals surface area contributed by atoms with E-state index < -0.39 is 5.60 Å². The summed E-state index contributed by atoms with van der Waals surface area (Å²) in [5, 5.41) is 15.7. The van der Waals surface area contributed by atoms with Crippen LogP contribution in [-0.4, -0.2) is 90.8 Å². The molecule has 2 amide bonds. The average Bonchev–Trinajstić information content (AvgIpc) is 3.24. The summed E-state index contributed by atoms with van der Waals surface area (Å²) < 4.78 is 5.25. The van der Waals surface area contributed by atoms with Gasteiger partial charge in [-0.15, -0.1) is 0 Å². The van der Waals surface area contributed by atoms with Crippen molar-refractivity contribution in [2.75, 3.05) is 53.4 Å². The molecule has 1 aromatic rings. The van der Waals surface area contributed by atoms with E-state index in [1.807, 2.05) is 18.0 Å². The van der Waals surface area contributed by atoms with Crippen LogP contribution in [0.5, 0.6) is 0 Å². The minimum atomic E-state index is -0.679. The number of carbonyl (C=O) groups excluding carboxylic acids is 1. The molecule has 6 rings (SSSR count). The van der Waals surface area contributed by atoms with E-state index in [2.05, 4.69) is 36.0 Å². The molecule has 4 aliphatic carbocycles. The van der Waals surface area contributed by atoms with E-state index in [1.165, 1.54) is 6.07 Å². The Morgan fingerprint density at radius 2 is 1.83 bits per heavy atom. The summed E-state index contributed by atoms with van der Waals surface area (Å²) in [4.78, 5) is 31.5. The number of nitrogens with one attached hydrogen (secondary N) is 1. The maximum atomic E-state index is 13.1. The Morgan fingerprint density at radius 1 is 1.05 bits per heavy atom. The fourth-order valence-electron chi connectivity index (χ4n) is 10.3. The minimum Gasteiger partial charge on any atom is -0.431 e. The molecule has 4 saturated carbocycles. The molecule has 2 N–H and O–H groups in total. The normalized spacial score (nSPS) is 41.2. The number of piperazine rings is 1. The number of rotatable bonds is 5. The van der Waals surface area contributed by atoms with E-state index in [-0.39, 0.29) is 34.4 Å². The fraction of sp³-hybridized carbons (Fsp3) is 0.818. The summed E-state index contributed by atoms with van der Waals surface area (Å²) in [5.41, 5.74) is 0.0874. The molecule has 1 aliphatic heterocycles. The van der Waals surface area contributed by atoms with Gasteiger partial charge in [-0.2, -0.15) is 0 Å². The zero-order valence-corrected chi connectivity index (χ0v) is 25.7. The maximum Gasteiger partial charge on any atom is 0.335 e. The standard InChI is InChI=1S/C33H52N4O4/c1-31-12-9-25(36(4)30(39)34-15-16-37-19-17-35(3)18-20-37)21-24(31)6-7-28-27(31)10-13-32(2)26(11-14-33(28,32)40)23-5-8-29(38)41-22-23/h5,8,22,24-28,40H,6-7,9-21H2,1-4H3,(H,34,39)/t24-,25+,26-,27+,28-,31+,32-,33+/m1/s1. The number of aliphatic hydroxyl groups is 1. The van der Waals surface area contributed by atoms with Crippen molar-refractivity contribution in [1.82, 2.24) is 20.0 Å². The van der Waals surface area contributed by atoms with E-state index in [0.29, 0.717) is 24.3 Å². The molecule has 8 nitrogen and oxygen atoms in total.